The Bertz CT molecular complexity index is 1040. The van der Waals surface area contributed by atoms with E-state index in [0.717, 1.165) is 17.3 Å². The molecule has 2 amide bonds. The number of thioether (sulfide) groups is 1. The summed E-state index contributed by atoms with van der Waals surface area (Å²) in [6.45, 7) is 2.37. The van der Waals surface area contributed by atoms with Gasteiger partial charge in [-0.25, -0.2) is 8.42 Å². The Morgan fingerprint density at radius 3 is 2.48 bits per heavy atom. The molecule has 2 saturated heterocycles. The molecule has 29 heavy (non-hydrogen) atoms. The van der Waals surface area contributed by atoms with E-state index in [1.807, 2.05) is 31.2 Å². The van der Waals surface area contributed by atoms with Gasteiger partial charge < -0.3 is 4.74 Å². The van der Waals surface area contributed by atoms with Gasteiger partial charge in [0.25, 0.3) is 5.24 Å². The van der Waals surface area contributed by atoms with Crippen LogP contribution in [-0.2, 0) is 14.8 Å². The van der Waals surface area contributed by atoms with Gasteiger partial charge in [-0.05, 0) is 55.3 Å². The number of amides is 2. The quantitative estimate of drug-likeness (QED) is 0.721. The average molecular weight is 433 g/mol. The number of sulfonamides is 1. The van der Waals surface area contributed by atoms with Crippen molar-refractivity contribution in [3.63, 3.8) is 0 Å². The third kappa shape index (κ3) is 4.03. The molecule has 2 fully saturated rings. The molecule has 2 aliphatic heterocycles. The van der Waals surface area contributed by atoms with Crippen LogP contribution in [0.5, 0.6) is 11.5 Å². The van der Waals surface area contributed by atoms with Crippen LogP contribution in [0.3, 0.4) is 0 Å². The summed E-state index contributed by atoms with van der Waals surface area (Å²) in [6, 6.07) is 13.4. The molecule has 2 heterocycles. The highest BCUT2D eigenvalue weighted by molar-refractivity contribution is 8.14. The number of aryl methyl sites for hydroxylation is 1. The zero-order valence-corrected chi connectivity index (χ0v) is 17.4. The van der Waals surface area contributed by atoms with Gasteiger partial charge in [0.2, 0.25) is 15.9 Å². The first kappa shape index (κ1) is 19.9. The van der Waals surface area contributed by atoms with Gasteiger partial charge in [0.15, 0.2) is 0 Å². The van der Waals surface area contributed by atoms with E-state index in [9.17, 15) is 18.0 Å². The van der Waals surface area contributed by atoms with Crippen LogP contribution in [0, 0.1) is 6.92 Å². The van der Waals surface area contributed by atoms with Crippen molar-refractivity contribution in [1.29, 1.82) is 0 Å². The maximum Gasteiger partial charge on any atom is 0.289 e. The topological polar surface area (TPSA) is 84.0 Å². The third-order valence-corrected chi connectivity index (χ3v) is 7.68. The lowest BCUT2D eigenvalue weighted by Crippen LogP contribution is -2.41. The highest BCUT2D eigenvalue weighted by Crippen LogP contribution is 2.30. The lowest BCUT2D eigenvalue weighted by Gasteiger charge is -2.21. The molecule has 152 valence electrons. The Morgan fingerprint density at radius 2 is 1.83 bits per heavy atom. The molecule has 0 spiro atoms. The van der Waals surface area contributed by atoms with E-state index >= 15 is 0 Å². The summed E-state index contributed by atoms with van der Waals surface area (Å²) in [4.78, 5) is 25.2. The predicted octanol–water partition coefficient (Wildman–Crippen LogP) is 3.25. The number of imide groups is 1. The molecular formula is C20H20N2O5S2. The van der Waals surface area contributed by atoms with E-state index in [1.165, 1.54) is 21.3 Å². The molecule has 0 aromatic heterocycles. The molecule has 7 nitrogen and oxygen atoms in total. The van der Waals surface area contributed by atoms with Crippen molar-refractivity contribution in [2.75, 3.05) is 18.8 Å². The van der Waals surface area contributed by atoms with Gasteiger partial charge in [-0.1, -0.05) is 23.9 Å². The molecular weight excluding hydrogens is 412 g/mol. The number of hydrogen-bond acceptors (Lipinski definition) is 6. The lowest BCUT2D eigenvalue weighted by molar-refractivity contribution is -0.126. The van der Waals surface area contributed by atoms with Crippen molar-refractivity contribution in [3.05, 3.63) is 54.1 Å². The molecule has 2 aliphatic rings. The van der Waals surface area contributed by atoms with Gasteiger partial charge in [-0.2, -0.15) is 4.31 Å². The summed E-state index contributed by atoms with van der Waals surface area (Å²) in [5.41, 5.74) is 1.07. The van der Waals surface area contributed by atoms with E-state index in [2.05, 4.69) is 0 Å². The van der Waals surface area contributed by atoms with E-state index in [4.69, 9.17) is 4.74 Å². The molecule has 0 bridgehead atoms. The number of rotatable bonds is 5. The van der Waals surface area contributed by atoms with Gasteiger partial charge in [0.1, 0.15) is 11.5 Å². The lowest BCUT2D eigenvalue weighted by atomic mass is 10.2. The molecule has 0 saturated carbocycles. The van der Waals surface area contributed by atoms with Crippen molar-refractivity contribution in [3.8, 4) is 11.5 Å². The average Bonchev–Trinajstić information content (AvgIpc) is 3.29. The monoisotopic (exact) mass is 432 g/mol. The Kier molecular flexibility index (Phi) is 5.37. The summed E-state index contributed by atoms with van der Waals surface area (Å²) < 4.78 is 33.0. The first-order chi connectivity index (χ1) is 13.8. The fourth-order valence-electron chi connectivity index (χ4n) is 3.50. The van der Waals surface area contributed by atoms with Crippen molar-refractivity contribution in [2.24, 2.45) is 0 Å². The van der Waals surface area contributed by atoms with E-state index in [-0.39, 0.29) is 34.9 Å². The minimum atomic E-state index is -3.71. The van der Waals surface area contributed by atoms with E-state index < -0.39 is 16.1 Å². The minimum absolute atomic E-state index is 0.127. The number of carbonyl (C=O) groups excluding carboxylic acids is 2. The Labute approximate surface area is 173 Å². The maximum absolute atomic E-state index is 13.0. The van der Waals surface area contributed by atoms with Gasteiger partial charge in [-0.3, -0.25) is 14.5 Å². The van der Waals surface area contributed by atoms with Crippen LogP contribution in [0.2, 0.25) is 0 Å². The second-order valence-corrected chi connectivity index (χ2v) is 9.88. The first-order valence-electron chi connectivity index (χ1n) is 9.18. The summed E-state index contributed by atoms with van der Waals surface area (Å²) in [5.74, 6) is 1.10. The van der Waals surface area contributed by atoms with Crippen molar-refractivity contribution >= 4 is 32.9 Å². The zero-order valence-electron chi connectivity index (χ0n) is 15.8. The van der Waals surface area contributed by atoms with Crippen molar-refractivity contribution in [1.82, 2.24) is 9.21 Å². The van der Waals surface area contributed by atoms with Crippen LogP contribution >= 0.6 is 11.8 Å². The molecule has 0 N–H and O–H groups in total. The van der Waals surface area contributed by atoms with Crippen LogP contribution in [0.4, 0.5) is 4.79 Å². The van der Waals surface area contributed by atoms with Crippen molar-refractivity contribution in [2.45, 2.75) is 24.3 Å². The Hall–Kier alpha value is -2.36. The maximum atomic E-state index is 13.0. The predicted molar refractivity (Wildman–Crippen MR) is 110 cm³/mol. The third-order valence-electron chi connectivity index (χ3n) is 4.96. The fourth-order valence-corrected chi connectivity index (χ4v) is 5.77. The first-order valence-corrected chi connectivity index (χ1v) is 11.6. The van der Waals surface area contributed by atoms with E-state index in [0.29, 0.717) is 17.9 Å². The number of nitrogens with zero attached hydrogens (tertiary/aromatic N) is 2. The van der Waals surface area contributed by atoms with Gasteiger partial charge in [0, 0.05) is 13.1 Å². The van der Waals surface area contributed by atoms with E-state index in [1.54, 1.807) is 12.1 Å². The van der Waals surface area contributed by atoms with Crippen LogP contribution in [-0.4, -0.2) is 53.7 Å². The summed E-state index contributed by atoms with van der Waals surface area (Å²) in [6.07, 6.45) is 0.450. The smallest absolute Gasteiger partial charge is 0.289 e. The second kappa shape index (κ2) is 7.81. The molecule has 2 aromatic rings. The Morgan fingerprint density at radius 1 is 1.07 bits per heavy atom. The van der Waals surface area contributed by atoms with Gasteiger partial charge >= 0.3 is 0 Å². The van der Waals surface area contributed by atoms with Crippen LogP contribution < -0.4 is 4.74 Å². The molecule has 0 radical (unpaired) electrons. The molecule has 2 aromatic carbocycles. The molecule has 1 atom stereocenters. The van der Waals surface area contributed by atoms with Gasteiger partial charge in [-0.15, -0.1) is 0 Å². The normalized spacial score (nSPS) is 20.4. The zero-order chi connectivity index (χ0) is 20.6. The molecule has 0 aliphatic carbocycles. The van der Waals surface area contributed by atoms with Crippen LogP contribution in [0.25, 0.3) is 0 Å². The Balaban J connectivity index is 1.46. The van der Waals surface area contributed by atoms with Crippen LogP contribution in [0.1, 0.15) is 12.0 Å². The number of benzene rings is 2. The summed E-state index contributed by atoms with van der Waals surface area (Å²) >= 11 is 0.964. The second-order valence-electron chi connectivity index (χ2n) is 7.01. The molecule has 1 unspecified atom stereocenters. The highest BCUT2D eigenvalue weighted by Gasteiger charge is 2.42. The van der Waals surface area contributed by atoms with Crippen molar-refractivity contribution < 1.29 is 22.7 Å². The number of carbonyl (C=O) groups is 2. The molecule has 4 rings (SSSR count). The minimum Gasteiger partial charge on any atom is -0.457 e. The van der Waals surface area contributed by atoms with Gasteiger partial charge in [0.05, 0.1) is 16.7 Å². The summed E-state index contributed by atoms with van der Waals surface area (Å²) in [7, 11) is -3.71. The largest absolute Gasteiger partial charge is 0.457 e. The van der Waals surface area contributed by atoms with Crippen LogP contribution in [0.15, 0.2) is 53.4 Å². The highest BCUT2D eigenvalue weighted by atomic mass is 32.2. The number of hydrogen-bond donors (Lipinski definition) is 0. The number of ether oxygens (including phenoxy) is 1. The summed E-state index contributed by atoms with van der Waals surface area (Å²) in [5, 5.41) is -0.295. The molecule has 9 heteroatoms. The SMILES string of the molecule is Cc1cccc(Oc2ccc(S(=O)(=O)N3CCC(N4C(=O)CSC4=O)C3)cc2)c1. The standard InChI is InChI=1S/C20H20N2O5S2/c1-14-3-2-4-17(11-14)27-16-5-7-18(8-6-16)29(25,26)21-10-9-15(12-21)22-19(23)13-28-20(22)24/h2-8,11,15H,9-10,12-13H2,1H3. The fraction of sp³-hybridized carbons (Fsp3) is 0.300.